The Balaban J connectivity index is 1.33. The van der Waals surface area contributed by atoms with Crippen molar-refractivity contribution in [2.24, 2.45) is 0 Å². The lowest BCUT2D eigenvalue weighted by atomic mass is 10.1. The number of aromatic nitrogens is 1. The van der Waals surface area contributed by atoms with E-state index in [-0.39, 0.29) is 18.1 Å². The molecule has 1 atom stereocenters. The van der Waals surface area contributed by atoms with E-state index in [1.807, 2.05) is 0 Å². The number of pyridine rings is 1. The Kier molecular flexibility index (Phi) is 7.42. The van der Waals surface area contributed by atoms with E-state index in [2.05, 4.69) is 15.6 Å². The summed E-state index contributed by atoms with van der Waals surface area (Å²) in [5.74, 6) is -1.46. The SMILES string of the molecule is O=C(O)c1ccc(-c2ccc(NC(=O)[C@H]3CCCN3C(=O)NCc3ccc(C(F)(F)F)cc3)cc2)cn1. The summed E-state index contributed by atoms with van der Waals surface area (Å²) < 4.78 is 38.1. The highest BCUT2D eigenvalue weighted by Gasteiger charge is 2.34. The summed E-state index contributed by atoms with van der Waals surface area (Å²) in [6.45, 7) is 0.417. The van der Waals surface area contributed by atoms with Crippen LogP contribution in [0.5, 0.6) is 0 Å². The molecule has 37 heavy (non-hydrogen) atoms. The molecule has 0 aliphatic carbocycles. The number of alkyl halides is 3. The Labute approximate surface area is 210 Å². The van der Waals surface area contributed by atoms with Crippen LogP contribution in [0.4, 0.5) is 23.7 Å². The zero-order valence-electron chi connectivity index (χ0n) is 19.5. The molecule has 4 rings (SSSR count). The molecule has 1 aliphatic rings. The largest absolute Gasteiger partial charge is 0.477 e. The van der Waals surface area contributed by atoms with Gasteiger partial charge in [0.2, 0.25) is 5.91 Å². The lowest BCUT2D eigenvalue weighted by Crippen LogP contribution is -2.47. The summed E-state index contributed by atoms with van der Waals surface area (Å²) >= 11 is 0. The number of amides is 3. The number of rotatable bonds is 6. The number of carbonyl (C=O) groups excluding carboxylic acids is 2. The first-order chi connectivity index (χ1) is 17.6. The first-order valence-electron chi connectivity index (χ1n) is 11.4. The number of hydrogen-bond acceptors (Lipinski definition) is 4. The molecule has 2 heterocycles. The van der Waals surface area contributed by atoms with E-state index in [9.17, 15) is 27.6 Å². The summed E-state index contributed by atoms with van der Waals surface area (Å²) in [7, 11) is 0. The summed E-state index contributed by atoms with van der Waals surface area (Å²) in [4.78, 5) is 41.8. The second-order valence-corrected chi connectivity index (χ2v) is 8.51. The average Bonchev–Trinajstić information content (AvgIpc) is 3.38. The van der Waals surface area contributed by atoms with Gasteiger partial charge >= 0.3 is 18.2 Å². The van der Waals surface area contributed by atoms with Crippen LogP contribution in [0.1, 0.15) is 34.5 Å². The van der Waals surface area contributed by atoms with Gasteiger partial charge in [-0.15, -0.1) is 0 Å². The van der Waals surface area contributed by atoms with Crippen molar-refractivity contribution in [3.8, 4) is 11.1 Å². The number of benzene rings is 2. The van der Waals surface area contributed by atoms with Crippen molar-refractivity contribution < 1.29 is 32.7 Å². The molecular formula is C26H23F3N4O4. The third-order valence-electron chi connectivity index (χ3n) is 6.01. The Morgan fingerprint density at radius 3 is 2.24 bits per heavy atom. The molecule has 0 unspecified atom stereocenters. The highest BCUT2D eigenvalue weighted by Crippen LogP contribution is 2.29. The number of anilines is 1. The van der Waals surface area contributed by atoms with Gasteiger partial charge in [-0.2, -0.15) is 13.2 Å². The fourth-order valence-electron chi connectivity index (χ4n) is 4.04. The average molecular weight is 512 g/mol. The molecule has 192 valence electrons. The number of hydrogen-bond donors (Lipinski definition) is 3. The number of carboxylic acids is 1. The molecule has 11 heteroatoms. The molecule has 1 fully saturated rings. The molecule has 1 aromatic heterocycles. The number of carboxylic acid groups (broad SMARTS) is 1. The van der Waals surface area contributed by atoms with E-state index < -0.39 is 29.8 Å². The van der Waals surface area contributed by atoms with Crippen LogP contribution in [-0.4, -0.2) is 45.5 Å². The first-order valence-corrected chi connectivity index (χ1v) is 11.4. The number of urea groups is 1. The standard InChI is InChI=1S/C26H23F3N4O4/c27-26(28,29)19-8-3-16(4-9-19)14-31-25(37)33-13-1-2-22(33)23(34)32-20-10-5-17(6-11-20)18-7-12-21(24(35)36)30-15-18/h3-12,15,22H,1-2,13-14H2,(H,31,37)(H,32,34)(H,35,36)/t22-/m1/s1. The van der Waals surface area contributed by atoms with Gasteiger partial charge in [0.05, 0.1) is 5.56 Å². The van der Waals surface area contributed by atoms with Gasteiger partial charge < -0.3 is 20.6 Å². The van der Waals surface area contributed by atoms with Crippen LogP contribution in [-0.2, 0) is 17.5 Å². The molecule has 0 saturated carbocycles. The van der Waals surface area contributed by atoms with Gasteiger partial charge in [0.1, 0.15) is 11.7 Å². The number of nitrogens with one attached hydrogen (secondary N) is 2. The molecular weight excluding hydrogens is 489 g/mol. The van der Waals surface area contributed by atoms with Crippen LogP contribution in [0, 0.1) is 0 Å². The quantitative estimate of drug-likeness (QED) is 0.440. The van der Waals surface area contributed by atoms with E-state index in [1.165, 1.54) is 29.3 Å². The van der Waals surface area contributed by atoms with Crippen LogP contribution in [0.2, 0.25) is 0 Å². The molecule has 0 spiro atoms. The zero-order valence-corrected chi connectivity index (χ0v) is 19.5. The third kappa shape index (κ3) is 6.24. The molecule has 2 aromatic carbocycles. The summed E-state index contributed by atoms with van der Waals surface area (Å²) in [5, 5.41) is 14.4. The molecule has 1 saturated heterocycles. The Morgan fingerprint density at radius 2 is 1.65 bits per heavy atom. The maximum atomic E-state index is 12.9. The predicted molar refractivity (Wildman–Crippen MR) is 129 cm³/mol. The number of carbonyl (C=O) groups is 3. The molecule has 1 aliphatic heterocycles. The lowest BCUT2D eigenvalue weighted by molar-refractivity contribution is -0.137. The van der Waals surface area contributed by atoms with Gasteiger partial charge in [-0.05, 0) is 54.3 Å². The van der Waals surface area contributed by atoms with Crippen molar-refractivity contribution in [1.82, 2.24) is 15.2 Å². The number of likely N-dealkylation sites (tertiary alicyclic amines) is 1. The number of nitrogens with zero attached hydrogens (tertiary/aromatic N) is 2. The highest BCUT2D eigenvalue weighted by molar-refractivity contribution is 5.97. The van der Waals surface area contributed by atoms with Gasteiger partial charge in [0.15, 0.2) is 0 Å². The smallest absolute Gasteiger partial charge is 0.416 e. The topological polar surface area (TPSA) is 112 Å². The first kappa shape index (κ1) is 25.7. The van der Waals surface area contributed by atoms with E-state index in [0.717, 1.165) is 23.3 Å². The van der Waals surface area contributed by atoms with Crippen LogP contribution >= 0.6 is 0 Å². The van der Waals surface area contributed by atoms with Crippen LogP contribution in [0.3, 0.4) is 0 Å². The zero-order chi connectivity index (χ0) is 26.6. The Hall–Kier alpha value is -4.41. The number of aromatic carboxylic acids is 1. The van der Waals surface area contributed by atoms with Crippen molar-refractivity contribution in [2.45, 2.75) is 31.6 Å². The van der Waals surface area contributed by atoms with E-state index >= 15 is 0 Å². The van der Waals surface area contributed by atoms with Gasteiger partial charge in [0.25, 0.3) is 0 Å². The molecule has 3 aromatic rings. The van der Waals surface area contributed by atoms with E-state index in [4.69, 9.17) is 5.11 Å². The fraction of sp³-hybridized carbons (Fsp3) is 0.231. The van der Waals surface area contributed by atoms with Crippen molar-refractivity contribution in [3.63, 3.8) is 0 Å². The normalized spacial score (nSPS) is 15.3. The van der Waals surface area contributed by atoms with Crippen molar-refractivity contribution in [1.29, 1.82) is 0 Å². The predicted octanol–water partition coefficient (Wildman–Crippen LogP) is 4.78. The number of halogens is 3. The highest BCUT2D eigenvalue weighted by atomic mass is 19.4. The lowest BCUT2D eigenvalue weighted by Gasteiger charge is -2.24. The second kappa shape index (κ2) is 10.7. The Bertz CT molecular complexity index is 1280. The minimum absolute atomic E-state index is 0.0333. The van der Waals surface area contributed by atoms with E-state index in [1.54, 1.807) is 30.3 Å². The molecule has 0 radical (unpaired) electrons. The maximum absolute atomic E-state index is 12.9. The fourth-order valence-corrected chi connectivity index (χ4v) is 4.04. The van der Waals surface area contributed by atoms with Crippen LogP contribution < -0.4 is 10.6 Å². The summed E-state index contributed by atoms with van der Waals surface area (Å²) in [6, 6.07) is 13.3. The molecule has 8 nitrogen and oxygen atoms in total. The van der Waals surface area contributed by atoms with Gasteiger partial charge in [-0.1, -0.05) is 30.3 Å². The van der Waals surface area contributed by atoms with E-state index in [0.29, 0.717) is 30.6 Å². The third-order valence-corrected chi connectivity index (χ3v) is 6.01. The Morgan fingerprint density at radius 1 is 0.973 bits per heavy atom. The molecule has 0 bridgehead atoms. The molecule has 3 N–H and O–H groups in total. The maximum Gasteiger partial charge on any atom is 0.416 e. The van der Waals surface area contributed by atoms with Crippen molar-refractivity contribution in [3.05, 3.63) is 83.7 Å². The summed E-state index contributed by atoms with van der Waals surface area (Å²) in [5.41, 5.74) is 1.72. The van der Waals surface area contributed by atoms with Gasteiger partial charge in [-0.3, -0.25) is 4.79 Å². The second-order valence-electron chi connectivity index (χ2n) is 8.51. The van der Waals surface area contributed by atoms with Gasteiger partial charge in [-0.25, -0.2) is 14.6 Å². The minimum Gasteiger partial charge on any atom is -0.477 e. The van der Waals surface area contributed by atoms with Crippen LogP contribution in [0.15, 0.2) is 66.9 Å². The van der Waals surface area contributed by atoms with Gasteiger partial charge in [0, 0.05) is 30.5 Å². The summed E-state index contributed by atoms with van der Waals surface area (Å²) in [6.07, 6.45) is -1.84. The monoisotopic (exact) mass is 512 g/mol. The van der Waals surface area contributed by atoms with Crippen LogP contribution in [0.25, 0.3) is 11.1 Å². The van der Waals surface area contributed by atoms with Crippen molar-refractivity contribution in [2.75, 3.05) is 11.9 Å². The molecule has 3 amide bonds. The minimum atomic E-state index is -4.43. The van der Waals surface area contributed by atoms with Crippen molar-refractivity contribution >= 4 is 23.6 Å².